The fourth-order valence-corrected chi connectivity index (χ4v) is 1.73. The van der Waals surface area contributed by atoms with Crippen LogP contribution in [-0.4, -0.2) is 35.5 Å². The largest absolute Gasteiger partial charge is 0.481 e. The maximum atomic E-state index is 11.8. The van der Waals surface area contributed by atoms with Crippen molar-refractivity contribution in [1.29, 1.82) is 0 Å². The first-order valence-corrected chi connectivity index (χ1v) is 5.78. The van der Waals surface area contributed by atoms with Gasteiger partial charge in [-0.25, -0.2) is 0 Å². The van der Waals surface area contributed by atoms with Gasteiger partial charge in [-0.15, -0.1) is 0 Å². The van der Waals surface area contributed by atoms with Crippen molar-refractivity contribution in [2.75, 3.05) is 6.54 Å². The number of hydrogen-bond donors (Lipinski definition) is 3. The molecule has 1 aliphatic heterocycles. The predicted octanol–water partition coefficient (Wildman–Crippen LogP) is -0.118. The maximum Gasteiger partial charge on any atom is 0.303 e. The fraction of sp³-hybridized carbons (Fsp3) is 0.727. The zero-order valence-corrected chi connectivity index (χ0v) is 9.86. The zero-order valence-electron chi connectivity index (χ0n) is 9.86. The minimum Gasteiger partial charge on any atom is -0.481 e. The molecule has 1 saturated heterocycles. The molecule has 2 amide bonds. The second-order valence-electron chi connectivity index (χ2n) is 4.38. The van der Waals surface area contributed by atoms with Gasteiger partial charge in [0.15, 0.2) is 0 Å². The van der Waals surface area contributed by atoms with Crippen molar-refractivity contribution >= 4 is 17.8 Å². The summed E-state index contributed by atoms with van der Waals surface area (Å²) in [5.41, 5.74) is 0. The first-order valence-electron chi connectivity index (χ1n) is 5.78. The number of carbonyl (C=O) groups excluding carboxylic acids is 2. The van der Waals surface area contributed by atoms with Gasteiger partial charge in [0.1, 0.15) is 0 Å². The number of carboxylic acids is 1. The second-order valence-corrected chi connectivity index (χ2v) is 4.38. The van der Waals surface area contributed by atoms with E-state index in [4.69, 9.17) is 5.11 Å². The summed E-state index contributed by atoms with van der Waals surface area (Å²) in [4.78, 5) is 33.0. The van der Waals surface area contributed by atoms with Gasteiger partial charge in [0.2, 0.25) is 11.8 Å². The van der Waals surface area contributed by atoms with Crippen molar-refractivity contribution in [2.24, 2.45) is 5.92 Å². The van der Waals surface area contributed by atoms with Crippen LogP contribution in [0.25, 0.3) is 0 Å². The fourth-order valence-electron chi connectivity index (χ4n) is 1.73. The highest BCUT2D eigenvalue weighted by Gasteiger charge is 2.25. The van der Waals surface area contributed by atoms with Crippen LogP contribution in [0.5, 0.6) is 0 Å². The molecule has 0 aromatic rings. The van der Waals surface area contributed by atoms with E-state index in [9.17, 15) is 14.4 Å². The molecule has 0 aliphatic carbocycles. The molecule has 0 spiro atoms. The molecule has 1 heterocycles. The Hall–Kier alpha value is -1.59. The third kappa shape index (κ3) is 4.84. The molecule has 1 rings (SSSR count). The van der Waals surface area contributed by atoms with E-state index in [1.165, 1.54) is 0 Å². The number of nitrogens with one attached hydrogen (secondary N) is 2. The standard InChI is InChI=1S/C11H18N2O4/c1-7(2-5-10(15)16)13-11(17)8-3-4-9(14)12-6-8/h7-8H,2-6H2,1H3,(H,12,14)(H,13,17)(H,15,16). The van der Waals surface area contributed by atoms with Gasteiger partial charge >= 0.3 is 5.97 Å². The topological polar surface area (TPSA) is 95.5 Å². The van der Waals surface area contributed by atoms with Crippen molar-refractivity contribution in [3.8, 4) is 0 Å². The van der Waals surface area contributed by atoms with Crippen molar-refractivity contribution in [1.82, 2.24) is 10.6 Å². The number of carboxylic acid groups (broad SMARTS) is 1. The minimum absolute atomic E-state index is 0.0204. The van der Waals surface area contributed by atoms with Gasteiger partial charge in [0.05, 0.1) is 5.92 Å². The first kappa shape index (κ1) is 13.5. The molecule has 2 atom stereocenters. The summed E-state index contributed by atoms with van der Waals surface area (Å²) in [7, 11) is 0. The highest BCUT2D eigenvalue weighted by atomic mass is 16.4. The highest BCUT2D eigenvalue weighted by molar-refractivity contribution is 5.83. The van der Waals surface area contributed by atoms with Gasteiger partial charge in [-0.05, 0) is 19.8 Å². The second kappa shape index (κ2) is 6.22. The Kier molecular flexibility index (Phi) is 4.93. The number of rotatable bonds is 5. The average Bonchev–Trinajstić information content (AvgIpc) is 2.27. The molecular formula is C11H18N2O4. The Morgan fingerprint density at radius 2 is 2.29 bits per heavy atom. The molecule has 0 aromatic heterocycles. The van der Waals surface area contributed by atoms with Crippen LogP contribution in [0.2, 0.25) is 0 Å². The third-order valence-corrected chi connectivity index (χ3v) is 2.82. The highest BCUT2D eigenvalue weighted by Crippen LogP contribution is 2.11. The molecule has 3 N–H and O–H groups in total. The SMILES string of the molecule is CC(CCC(=O)O)NC(=O)C1CCC(=O)NC1. The van der Waals surface area contributed by atoms with Crippen LogP contribution in [0.1, 0.15) is 32.6 Å². The van der Waals surface area contributed by atoms with E-state index in [0.29, 0.717) is 25.8 Å². The Bertz CT molecular complexity index is 307. The molecule has 0 bridgehead atoms. The number of aliphatic carboxylic acids is 1. The normalized spacial score (nSPS) is 21.5. The van der Waals surface area contributed by atoms with Crippen LogP contribution in [0.3, 0.4) is 0 Å². The molecule has 6 heteroatoms. The van der Waals surface area contributed by atoms with E-state index in [0.717, 1.165) is 0 Å². The molecule has 1 fully saturated rings. The lowest BCUT2D eigenvalue weighted by molar-refractivity contribution is -0.137. The zero-order chi connectivity index (χ0) is 12.8. The van der Waals surface area contributed by atoms with Gasteiger partial charge < -0.3 is 15.7 Å². The van der Waals surface area contributed by atoms with Crippen molar-refractivity contribution in [2.45, 2.75) is 38.6 Å². The van der Waals surface area contributed by atoms with Crippen LogP contribution >= 0.6 is 0 Å². The van der Waals surface area contributed by atoms with E-state index >= 15 is 0 Å². The van der Waals surface area contributed by atoms with Crippen LogP contribution < -0.4 is 10.6 Å². The van der Waals surface area contributed by atoms with Crippen LogP contribution in [0.15, 0.2) is 0 Å². The van der Waals surface area contributed by atoms with Crippen molar-refractivity contribution in [3.05, 3.63) is 0 Å². The molecule has 6 nitrogen and oxygen atoms in total. The molecular weight excluding hydrogens is 224 g/mol. The van der Waals surface area contributed by atoms with Gasteiger partial charge in [0, 0.05) is 25.4 Å². The lowest BCUT2D eigenvalue weighted by Crippen LogP contribution is -2.45. The Labute approximate surface area is 99.8 Å². The molecule has 2 unspecified atom stereocenters. The summed E-state index contributed by atoms with van der Waals surface area (Å²) in [6.07, 6.45) is 1.40. The Morgan fingerprint density at radius 1 is 1.59 bits per heavy atom. The molecule has 17 heavy (non-hydrogen) atoms. The smallest absolute Gasteiger partial charge is 0.303 e. The van der Waals surface area contributed by atoms with Crippen LogP contribution in [0.4, 0.5) is 0 Å². The number of carbonyl (C=O) groups is 3. The Morgan fingerprint density at radius 3 is 2.82 bits per heavy atom. The molecule has 0 saturated carbocycles. The summed E-state index contributed by atoms with van der Waals surface area (Å²) in [5.74, 6) is -1.19. The summed E-state index contributed by atoms with van der Waals surface area (Å²) >= 11 is 0. The Balaban J connectivity index is 2.28. The van der Waals surface area contributed by atoms with E-state index in [-0.39, 0.29) is 30.2 Å². The number of piperidine rings is 1. The third-order valence-electron chi connectivity index (χ3n) is 2.82. The van der Waals surface area contributed by atoms with Gasteiger partial charge in [-0.2, -0.15) is 0 Å². The molecule has 0 radical (unpaired) electrons. The maximum absolute atomic E-state index is 11.8. The predicted molar refractivity (Wildman–Crippen MR) is 60.2 cm³/mol. The molecule has 1 aliphatic rings. The first-order chi connectivity index (χ1) is 7.99. The average molecular weight is 242 g/mol. The van der Waals surface area contributed by atoms with Gasteiger partial charge in [-0.3, -0.25) is 14.4 Å². The van der Waals surface area contributed by atoms with Gasteiger partial charge in [0.25, 0.3) is 0 Å². The summed E-state index contributed by atoms with van der Waals surface area (Å²) in [6, 6.07) is -0.156. The summed E-state index contributed by atoms with van der Waals surface area (Å²) in [5, 5.41) is 13.9. The number of hydrogen-bond acceptors (Lipinski definition) is 3. The summed E-state index contributed by atoms with van der Waals surface area (Å²) in [6.45, 7) is 2.15. The van der Waals surface area contributed by atoms with Crippen LogP contribution in [0, 0.1) is 5.92 Å². The van der Waals surface area contributed by atoms with Gasteiger partial charge in [-0.1, -0.05) is 0 Å². The van der Waals surface area contributed by atoms with E-state index in [1.54, 1.807) is 6.92 Å². The van der Waals surface area contributed by atoms with Crippen LogP contribution in [-0.2, 0) is 14.4 Å². The lowest BCUT2D eigenvalue weighted by atomic mass is 9.98. The minimum atomic E-state index is -0.865. The van der Waals surface area contributed by atoms with Crippen molar-refractivity contribution < 1.29 is 19.5 Å². The molecule has 0 aromatic carbocycles. The number of amides is 2. The lowest BCUT2D eigenvalue weighted by Gasteiger charge is -2.23. The quantitative estimate of drug-likeness (QED) is 0.626. The molecule has 96 valence electrons. The summed E-state index contributed by atoms with van der Waals surface area (Å²) < 4.78 is 0. The van der Waals surface area contributed by atoms with E-state index in [1.807, 2.05) is 0 Å². The van der Waals surface area contributed by atoms with Crippen molar-refractivity contribution in [3.63, 3.8) is 0 Å². The van der Waals surface area contributed by atoms with E-state index in [2.05, 4.69) is 10.6 Å². The van der Waals surface area contributed by atoms with E-state index < -0.39 is 5.97 Å². The monoisotopic (exact) mass is 242 g/mol.